The highest BCUT2D eigenvalue weighted by Gasteiger charge is 2.22. The fourth-order valence-corrected chi connectivity index (χ4v) is 3.93. The summed E-state index contributed by atoms with van der Waals surface area (Å²) >= 11 is 12.6. The van der Waals surface area contributed by atoms with Crippen LogP contribution in [-0.4, -0.2) is 27.2 Å². The average molecular weight is 413 g/mol. The average Bonchev–Trinajstić information content (AvgIpc) is 3.30. The summed E-state index contributed by atoms with van der Waals surface area (Å²) in [5, 5.41) is 9.30. The van der Waals surface area contributed by atoms with Crippen LogP contribution in [0.25, 0.3) is 10.9 Å². The van der Waals surface area contributed by atoms with E-state index in [4.69, 9.17) is 23.2 Å². The molecule has 28 heavy (non-hydrogen) atoms. The minimum absolute atomic E-state index is 0.137. The fraction of sp³-hybridized carbons (Fsp3) is 0.143. The molecule has 0 radical (unpaired) electrons. The molecular weight excluding hydrogens is 395 g/mol. The third-order valence-corrected chi connectivity index (χ3v) is 5.33. The molecule has 2 heterocycles. The van der Waals surface area contributed by atoms with Crippen LogP contribution in [0.5, 0.6) is 0 Å². The third kappa shape index (κ3) is 3.63. The van der Waals surface area contributed by atoms with Gasteiger partial charge in [-0.1, -0.05) is 47.5 Å². The molecule has 0 fully saturated rings. The molecule has 1 amide bonds. The van der Waals surface area contributed by atoms with Crippen LogP contribution >= 0.6 is 23.2 Å². The number of hydrogen-bond acceptors (Lipinski definition) is 2. The highest BCUT2D eigenvalue weighted by atomic mass is 35.5. The van der Waals surface area contributed by atoms with Crippen LogP contribution in [0.1, 0.15) is 27.4 Å². The quantitative estimate of drug-likeness (QED) is 0.495. The van der Waals surface area contributed by atoms with Crippen LogP contribution in [-0.2, 0) is 7.05 Å². The lowest BCUT2D eigenvalue weighted by Crippen LogP contribution is -2.28. The number of aryl methyl sites for hydroxylation is 1. The largest absolute Gasteiger partial charge is 0.361 e. The molecule has 2 N–H and O–H groups in total. The number of carbonyl (C=O) groups is 1. The van der Waals surface area contributed by atoms with E-state index in [9.17, 15) is 4.79 Å². The second kappa shape index (κ2) is 7.70. The molecule has 7 heteroatoms. The van der Waals surface area contributed by atoms with Gasteiger partial charge in [-0.2, -0.15) is 5.10 Å². The second-order valence-corrected chi connectivity index (χ2v) is 7.46. The molecule has 5 nitrogen and oxygen atoms in total. The van der Waals surface area contributed by atoms with E-state index in [0.717, 1.165) is 22.0 Å². The monoisotopic (exact) mass is 412 g/mol. The van der Waals surface area contributed by atoms with Crippen molar-refractivity contribution in [3.8, 4) is 0 Å². The molecule has 0 spiro atoms. The first kappa shape index (κ1) is 18.6. The summed E-state index contributed by atoms with van der Waals surface area (Å²) in [4.78, 5) is 15.8. The van der Waals surface area contributed by atoms with Crippen LogP contribution in [0.4, 0.5) is 0 Å². The number of fused-ring (bicyclic) bond motifs is 1. The van der Waals surface area contributed by atoms with Crippen LogP contribution < -0.4 is 5.32 Å². The van der Waals surface area contributed by atoms with E-state index in [-0.39, 0.29) is 11.8 Å². The number of amides is 1. The predicted molar refractivity (Wildman–Crippen MR) is 112 cm³/mol. The standard InChI is InChI=1S/C21H18Cl2N4O/c1-27-12-13(9-26-27)21(28)25-11-17(15-7-6-14(22)8-19(15)23)18-10-24-20-5-3-2-4-16(18)20/h2-10,12,17,24H,11H2,1H3,(H,25,28). The normalized spacial score (nSPS) is 12.2. The van der Waals surface area contributed by atoms with Gasteiger partial charge in [0, 0.05) is 52.9 Å². The summed E-state index contributed by atoms with van der Waals surface area (Å²) in [5.41, 5.74) is 3.52. The molecule has 4 rings (SSSR count). The van der Waals surface area contributed by atoms with Crippen molar-refractivity contribution in [1.82, 2.24) is 20.1 Å². The SMILES string of the molecule is Cn1cc(C(=O)NCC(c2ccc(Cl)cc2Cl)c2c[nH]c3ccccc23)cn1. The number of nitrogens with one attached hydrogen (secondary N) is 2. The first-order valence-corrected chi connectivity index (χ1v) is 9.56. The Morgan fingerprint density at radius 2 is 2.04 bits per heavy atom. The summed E-state index contributed by atoms with van der Waals surface area (Å²) in [7, 11) is 1.78. The number of H-pyrrole nitrogens is 1. The summed E-state index contributed by atoms with van der Waals surface area (Å²) in [6.45, 7) is 0.386. The Bertz CT molecular complexity index is 1150. The van der Waals surface area contributed by atoms with E-state index in [1.807, 2.05) is 36.5 Å². The minimum atomic E-state index is -0.178. The molecule has 1 unspecified atom stereocenters. The van der Waals surface area contributed by atoms with E-state index in [1.165, 1.54) is 0 Å². The van der Waals surface area contributed by atoms with Crippen molar-refractivity contribution < 1.29 is 4.79 Å². The first-order valence-electron chi connectivity index (χ1n) is 8.80. The minimum Gasteiger partial charge on any atom is -0.361 e. The Labute approximate surface area is 172 Å². The van der Waals surface area contributed by atoms with E-state index < -0.39 is 0 Å². The van der Waals surface area contributed by atoms with Crippen molar-refractivity contribution in [2.75, 3.05) is 6.54 Å². The zero-order chi connectivity index (χ0) is 19.7. The Morgan fingerprint density at radius 1 is 1.21 bits per heavy atom. The zero-order valence-electron chi connectivity index (χ0n) is 15.1. The number of rotatable bonds is 5. The summed E-state index contributed by atoms with van der Waals surface area (Å²) in [6.07, 6.45) is 5.20. The van der Waals surface area contributed by atoms with Crippen molar-refractivity contribution in [2.45, 2.75) is 5.92 Å². The van der Waals surface area contributed by atoms with Crippen molar-refractivity contribution in [3.63, 3.8) is 0 Å². The van der Waals surface area contributed by atoms with Crippen LogP contribution in [0.15, 0.2) is 61.1 Å². The van der Waals surface area contributed by atoms with Crippen molar-refractivity contribution in [3.05, 3.63) is 87.8 Å². The Kier molecular flexibility index (Phi) is 5.11. The van der Waals surface area contributed by atoms with E-state index in [1.54, 1.807) is 30.2 Å². The number of nitrogens with zero attached hydrogens (tertiary/aromatic N) is 2. The highest BCUT2D eigenvalue weighted by molar-refractivity contribution is 6.35. The van der Waals surface area contributed by atoms with Gasteiger partial charge in [0.15, 0.2) is 0 Å². The van der Waals surface area contributed by atoms with E-state index in [0.29, 0.717) is 22.2 Å². The number of hydrogen-bond donors (Lipinski definition) is 2. The molecule has 0 aliphatic rings. The lowest BCUT2D eigenvalue weighted by Gasteiger charge is -2.19. The summed E-state index contributed by atoms with van der Waals surface area (Å²) in [6, 6.07) is 13.5. The number of carbonyl (C=O) groups excluding carboxylic acids is 1. The summed E-state index contributed by atoms with van der Waals surface area (Å²) < 4.78 is 1.60. The van der Waals surface area contributed by atoms with Crippen molar-refractivity contribution in [1.29, 1.82) is 0 Å². The van der Waals surface area contributed by atoms with Crippen LogP contribution in [0.3, 0.4) is 0 Å². The molecule has 0 saturated carbocycles. The van der Waals surface area contributed by atoms with Crippen LogP contribution in [0, 0.1) is 0 Å². The Morgan fingerprint density at radius 3 is 2.79 bits per heavy atom. The van der Waals surface area contributed by atoms with Crippen molar-refractivity contribution >= 4 is 40.0 Å². The van der Waals surface area contributed by atoms with Gasteiger partial charge in [0.1, 0.15) is 0 Å². The van der Waals surface area contributed by atoms with E-state index in [2.05, 4.69) is 21.5 Å². The second-order valence-electron chi connectivity index (χ2n) is 6.62. The molecule has 0 saturated heterocycles. The van der Waals surface area contributed by atoms with Gasteiger partial charge in [-0.3, -0.25) is 9.48 Å². The van der Waals surface area contributed by atoms with Gasteiger partial charge < -0.3 is 10.3 Å². The maximum absolute atomic E-state index is 12.5. The molecule has 4 aromatic rings. The predicted octanol–water partition coefficient (Wildman–Crippen LogP) is 4.77. The molecule has 2 aromatic carbocycles. The van der Waals surface area contributed by atoms with Crippen LogP contribution in [0.2, 0.25) is 10.0 Å². The number of aromatic nitrogens is 3. The van der Waals surface area contributed by atoms with Gasteiger partial charge in [0.25, 0.3) is 5.91 Å². The highest BCUT2D eigenvalue weighted by Crippen LogP contribution is 2.35. The van der Waals surface area contributed by atoms with Gasteiger partial charge in [0.05, 0.1) is 11.8 Å². The molecule has 2 aromatic heterocycles. The molecular formula is C21H18Cl2N4O. The number of halogens is 2. The Hall–Kier alpha value is -2.76. The van der Waals surface area contributed by atoms with Gasteiger partial charge in [-0.05, 0) is 29.3 Å². The number of para-hydroxylation sites is 1. The van der Waals surface area contributed by atoms with Crippen molar-refractivity contribution in [2.24, 2.45) is 7.05 Å². The molecule has 142 valence electrons. The first-order chi connectivity index (χ1) is 13.5. The third-order valence-electron chi connectivity index (χ3n) is 4.77. The lowest BCUT2D eigenvalue weighted by atomic mass is 9.90. The number of aromatic amines is 1. The van der Waals surface area contributed by atoms with Gasteiger partial charge in [0.2, 0.25) is 0 Å². The Balaban J connectivity index is 1.70. The molecule has 0 bridgehead atoms. The molecule has 1 atom stereocenters. The van der Waals surface area contributed by atoms with Gasteiger partial charge in [-0.25, -0.2) is 0 Å². The maximum atomic E-state index is 12.5. The smallest absolute Gasteiger partial charge is 0.254 e. The number of benzene rings is 2. The fourth-order valence-electron chi connectivity index (χ4n) is 3.39. The lowest BCUT2D eigenvalue weighted by molar-refractivity contribution is 0.0952. The van der Waals surface area contributed by atoms with E-state index >= 15 is 0 Å². The van der Waals surface area contributed by atoms with Gasteiger partial charge in [-0.15, -0.1) is 0 Å². The zero-order valence-corrected chi connectivity index (χ0v) is 16.6. The van der Waals surface area contributed by atoms with Gasteiger partial charge >= 0.3 is 0 Å². The molecule has 0 aliphatic heterocycles. The maximum Gasteiger partial charge on any atom is 0.254 e. The summed E-state index contributed by atoms with van der Waals surface area (Å²) in [5.74, 6) is -0.315. The topological polar surface area (TPSA) is 62.7 Å². The molecule has 0 aliphatic carbocycles.